The Kier molecular flexibility index (Phi) is 9.59. The predicted molar refractivity (Wildman–Crippen MR) is 262 cm³/mol. The molecule has 2 heterocycles. The SMILES string of the molecule is [C-]#[N+]c1ccc(-n2c3ccccc3c3cc(-c4cccc(C#N)c4)ccc32)c(-c2ccc(-c3ccc(C(F)(F)F)cc3C)cc2-n2c3ccccc3c3cc(-c4cccc(C#N)c4)ccc32)c1. The minimum absolute atomic E-state index is 0.444. The molecule has 0 aliphatic heterocycles. The molecule has 0 bridgehead atoms. The normalized spacial score (nSPS) is 11.5. The number of hydrogen-bond donors (Lipinski definition) is 0. The van der Waals surface area contributed by atoms with Crippen molar-refractivity contribution in [2.24, 2.45) is 0 Å². The highest BCUT2D eigenvalue weighted by molar-refractivity contribution is 6.13. The molecule has 0 radical (unpaired) electrons. The van der Waals surface area contributed by atoms with Gasteiger partial charge in [-0.05, 0) is 142 Å². The monoisotopic (exact) mass is 869 g/mol. The fourth-order valence-electron chi connectivity index (χ4n) is 9.64. The molecule has 67 heavy (non-hydrogen) atoms. The van der Waals surface area contributed by atoms with Crippen molar-refractivity contribution < 1.29 is 13.2 Å². The van der Waals surface area contributed by atoms with Crippen LogP contribution in [0, 0.1) is 36.2 Å². The van der Waals surface area contributed by atoms with Gasteiger partial charge in [0, 0.05) is 27.1 Å². The summed E-state index contributed by atoms with van der Waals surface area (Å²) >= 11 is 0. The van der Waals surface area contributed by atoms with Gasteiger partial charge in [-0.15, -0.1) is 0 Å². The zero-order valence-corrected chi connectivity index (χ0v) is 35.8. The van der Waals surface area contributed by atoms with Gasteiger partial charge >= 0.3 is 6.18 Å². The molecule has 0 atom stereocenters. The zero-order valence-electron chi connectivity index (χ0n) is 35.8. The highest BCUT2D eigenvalue weighted by atomic mass is 19.4. The molecule has 316 valence electrons. The van der Waals surface area contributed by atoms with Crippen LogP contribution in [0.3, 0.4) is 0 Å². The smallest absolute Gasteiger partial charge is 0.309 e. The van der Waals surface area contributed by atoms with Gasteiger partial charge in [-0.1, -0.05) is 97.1 Å². The van der Waals surface area contributed by atoms with Crippen LogP contribution in [-0.4, -0.2) is 9.13 Å². The van der Waals surface area contributed by atoms with Crippen LogP contribution in [0.5, 0.6) is 0 Å². The lowest BCUT2D eigenvalue weighted by molar-refractivity contribution is -0.137. The van der Waals surface area contributed by atoms with E-state index in [4.69, 9.17) is 6.57 Å². The predicted octanol–water partition coefficient (Wildman–Crippen LogP) is 16.2. The van der Waals surface area contributed by atoms with E-state index in [1.165, 1.54) is 6.07 Å². The average molecular weight is 870 g/mol. The van der Waals surface area contributed by atoms with E-state index in [1.807, 2.05) is 103 Å². The van der Waals surface area contributed by atoms with E-state index in [0.29, 0.717) is 27.9 Å². The van der Waals surface area contributed by atoms with Crippen molar-refractivity contribution >= 4 is 49.3 Å². The Morgan fingerprint density at radius 2 is 0.970 bits per heavy atom. The first-order chi connectivity index (χ1) is 32.6. The summed E-state index contributed by atoms with van der Waals surface area (Å²) < 4.78 is 46.3. The molecular formula is C59H34F3N5. The van der Waals surface area contributed by atoms with Gasteiger partial charge in [-0.2, -0.15) is 23.7 Å². The molecule has 0 aliphatic carbocycles. The Morgan fingerprint density at radius 1 is 0.448 bits per heavy atom. The van der Waals surface area contributed by atoms with Crippen LogP contribution in [0.2, 0.25) is 0 Å². The molecule has 0 N–H and O–H groups in total. The first kappa shape index (κ1) is 40.6. The maximum atomic E-state index is 13.9. The molecule has 0 amide bonds. The third-order valence-corrected chi connectivity index (χ3v) is 12.7. The van der Waals surface area contributed by atoms with E-state index in [1.54, 1.807) is 25.1 Å². The summed E-state index contributed by atoms with van der Waals surface area (Å²) in [6.07, 6.45) is -4.49. The van der Waals surface area contributed by atoms with Gasteiger partial charge in [0.25, 0.3) is 0 Å². The Labute approximate surface area is 383 Å². The molecule has 2 aromatic heterocycles. The number of aromatic nitrogens is 2. The molecular weight excluding hydrogens is 836 g/mol. The van der Waals surface area contributed by atoms with Crippen LogP contribution in [0.25, 0.3) is 104 Å². The first-order valence-electron chi connectivity index (χ1n) is 21.5. The van der Waals surface area contributed by atoms with Gasteiger partial charge in [-0.25, -0.2) is 4.85 Å². The minimum Gasteiger partial charge on any atom is -0.309 e. The number of nitriles is 2. The van der Waals surface area contributed by atoms with E-state index < -0.39 is 11.7 Å². The summed E-state index contributed by atoms with van der Waals surface area (Å²) in [4.78, 5) is 3.91. The van der Waals surface area contributed by atoms with Crippen LogP contribution >= 0.6 is 0 Å². The minimum atomic E-state index is -4.49. The van der Waals surface area contributed by atoms with Gasteiger partial charge in [0.15, 0.2) is 5.69 Å². The Morgan fingerprint density at radius 3 is 1.52 bits per heavy atom. The maximum Gasteiger partial charge on any atom is 0.416 e. The number of para-hydroxylation sites is 2. The Bertz CT molecular complexity index is 3980. The van der Waals surface area contributed by atoms with Crippen LogP contribution in [0.1, 0.15) is 22.3 Å². The summed E-state index contributed by atoms with van der Waals surface area (Å²) in [5.41, 5.74) is 13.4. The third-order valence-electron chi connectivity index (χ3n) is 12.7. The summed E-state index contributed by atoms with van der Waals surface area (Å²) in [6.45, 7) is 9.90. The molecule has 5 nitrogen and oxygen atoms in total. The van der Waals surface area contributed by atoms with Gasteiger partial charge < -0.3 is 9.13 Å². The maximum absolute atomic E-state index is 13.9. The topological polar surface area (TPSA) is 61.8 Å². The van der Waals surface area contributed by atoms with Crippen molar-refractivity contribution in [2.45, 2.75) is 13.1 Å². The first-order valence-corrected chi connectivity index (χ1v) is 21.5. The van der Waals surface area contributed by atoms with Crippen molar-refractivity contribution in [1.29, 1.82) is 10.5 Å². The van der Waals surface area contributed by atoms with Gasteiger partial charge in [0.05, 0.1) is 68.8 Å². The second kappa shape index (κ2) is 15.8. The number of benzene rings is 9. The van der Waals surface area contributed by atoms with E-state index in [2.05, 4.69) is 80.7 Å². The number of hydrogen-bond acceptors (Lipinski definition) is 2. The van der Waals surface area contributed by atoms with Crippen LogP contribution in [0.4, 0.5) is 18.9 Å². The lowest BCUT2D eigenvalue weighted by Crippen LogP contribution is -2.05. The molecule has 0 saturated carbocycles. The summed E-state index contributed by atoms with van der Waals surface area (Å²) in [5.74, 6) is 0. The number of rotatable bonds is 6. The molecule has 11 rings (SSSR count). The summed E-state index contributed by atoms with van der Waals surface area (Å²) in [7, 11) is 0. The second-order valence-electron chi connectivity index (χ2n) is 16.6. The van der Waals surface area contributed by atoms with Crippen molar-refractivity contribution in [3.63, 3.8) is 0 Å². The number of nitrogens with zero attached hydrogens (tertiary/aromatic N) is 5. The zero-order chi connectivity index (χ0) is 46.0. The molecule has 0 aliphatic rings. The fraction of sp³-hybridized carbons (Fsp3) is 0.0339. The van der Waals surface area contributed by atoms with Crippen LogP contribution in [-0.2, 0) is 6.18 Å². The summed E-state index contributed by atoms with van der Waals surface area (Å²) in [5, 5.41) is 23.4. The van der Waals surface area contributed by atoms with Crippen molar-refractivity contribution in [3.05, 3.63) is 222 Å². The second-order valence-corrected chi connectivity index (χ2v) is 16.6. The van der Waals surface area contributed by atoms with Crippen LogP contribution < -0.4 is 0 Å². The number of halogens is 3. The molecule has 0 unspecified atom stereocenters. The van der Waals surface area contributed by atoms with E-state index in [0.717, 1.165) is 100.0 Å². The molecule has 8 heteroatoms. The number of alkyl halides is 3. The standard InChI is InChI=1S/C59H34F3N5/c1-36-27-44(59(60,61)62)20-23-46(36)43-17-22-49(58(32-43)67-54-16-6-4-14-48(54)51-31-42(19-25-56(51)67)40-12-8-10-38(29-40)35-64)52-33-45(65-2)21-26-57(52)66-53-15-5-3-13-47(53)50-30-41(18-24-55(50)66)39-11-7-9-37(28-39)34-63/h3-33H,1H3. The average Bonchev–Trinajstić information content (AvgIpc) is 3.87. The molecule has 0 fully saturated rings. The Balaban J connectivity index is 1.20. The van der Waals surface area contributed by atoms with Crippen LogP contribution in [0.15, 0.2) is 188 Å². The highest BCUT2D eigenvalue weighted by Crippen LogP contribution is 2.45. The van der Waals surface area contributed by atoms with Crippen molar-refractivity contribution in [1.82, 2.24) is 9.13 Å². The molecule has 0 saturated heterocycles. The lowest BCUT2D eigenvalue weighted by atomic mass is 9.93. The summed E-state index contributed by atoms with van der Waals surface area (Å²) in [6, 6.07) is 64.2. The van der Waals surface area contributed by atoms with Crippen molar-refractivity contribution in [2.75, 3.05) is 0 Å². The molecule has 11 aromatic rings. The third kappa shape index (κ3) is 6.86. The van der Waals surface area contributed by atoms with Crippen molar-refractivity contribution in [3.8, 4) is 68.0 Å². The largest absolute Gasteiger partial charge is 0.416 e. The fourth-order valence-corrected chi connectivity index (χ4v) is 9.64. The number of aryl methyl sites for hydroxylation is 1. The lowest BCUT2D eigenvalue weighted by Gasteiger charge is -2.21. The molecule has 9 aromatic carbocycles. The Hall–Kier alpha value is -9.16. The number of fused-ring (bicyclic) bond motifs is 6. The van der Waals surface area contributed by atoms with E-state index in [9.17, 15) is 23.7 Å². The van der Waals surface area contributed by atoms with Gasteiger partial charge in [0.2, 0.25) is 0 Å². The van der Waals surface area contributed by atoms with Gasteiger partial charge in [-0.3, -0.25) is 0 Å². The van der Waals surface area contributed by atoms with E-state index >= 15 is 0 Å². The highest BCUT2D eigenvalue weighted by Gasteiger charge is 2.31. The van der Waals surface area contributed by atoms with Gasteiger partial charge in [0.1, 0.15) is 0 Å². The quantitative estimate of drug-likeness (QED) is 0.156. The van der Waals surface area contributed by atoms with E-state index in [-0.39, 0.29) is 0 Å². The molecule has 0 spiro atoms.